The van der Waals surface area contributed by atoms with Gasteiger partial charge in [0.15, 0.2) is 5.78 Å². The molecule has 0 spiro atoms. The number of rotatable bonds is 8. The van der Waals surface area contributed by atoms with Gasteiger partial charge in [-0.15, -0.1) is 0 Å². The van der Waals surface area contributed by atoms with Gasteiger partial charge in [0.1, 0.15) is 17.7 Å². The first kappa shape index (κ1) is 19.4. The molecule has 0 saturated heterocycles. The molecular formula is C17H20ClNO6. The molecule has 0 amide bonds. The van der Waals surface area contributed by atoms with Crippen molar-refractivity contribution >= 4 is 29.8 Å². The number of Topliss-reactive ketones (excluding diaryl/α,β-unsaturated/α-hetero) is 1. The fraction of sp³-hybridized carbons (Fsp3) is 0.471. The van der Waals surface area contributed by atoms with Gasteiger partial charge in [-0.05, 0) is 30.9 Å². The number of hydrogen-bond donors (Lipinski definition) is 3. The van der Waals surface area contributed by atoms with Crippen LogP contribution in [0.4, 0.5) is 0 Å². The Labute approximate surface area is 149 Å². The number of nitrogens with one attached hydrogen (secondary N) is 1. The Morgan fingerprint density at radius 1 is 1.48 bits per heavy atom. The monoisotopic (exact) mass is 369 g/mol. The van der Waals surface area contributed by atoms with Crippen molar-refractivity contribution in [2.75, 3.05) is 6.61 Å². The number of ether oxygens (including phenoxy) is 1. The zero-order chi connectivity index (χ0) is 18.4. The maximum atomic E-state index is 12.8. The topological polar surface area (TPSA) is 113 Å². The molecule has 3 N–H and O–H groups in total. The highest BCUT2D eigenvalue weighted by atomic mass is 35.5. The highest BCUT2D eigenvalue weighted by Gasteiger charge is 2.48. The first-order valence-electron chi connectivity index (χ1n) is 7.95. The van der Waals surface area contributed by atoms with Crippen LogP contribution < -0.4 is 5.32 Å². The predicted molar refractivity (Wildman–Crippen MR) is 89.2 cm³/mol. The van der Waals surface area contributed by atoms with Crippen LogP contribution in [0.3, 0.4) is 0 Å². The summed E-state index contributed by atoms with van der Waals surface area (Å²) in [5.74, 6) is -1.69. The molecule has 1 aromatic carbocycles. The molecule has 0 bridgehead atoms. The summed E-state index contributed by atoms with van der Waals surface area (Å²) >= 11 is 6.26. The van der Waals surface area contributed by atoms with Crippen molar-refractivity contribution in [3.63, 3.8) is 0 Å². The number of halogens is 1. The summed E-state index contributed by atoms with van der Waals surface area (Å²) in [5.41, 5.74) is -0.969. The van der Waals surface area contributed by atoms with Crippen LogP contribution >= 0.6 is 11.6 Å². The van der Waals surface area contributed by atoms with Crippen LogP contribution in [0.1, 0.15) is 31.2 Å². The number of hydrogen-bond acceptors (Lipinski definition) is 6. The first-order valence-corrected chi connectivity index (χ1v) is 8.33. The lowest BCUT2D eigenvalue weighted by Gasteiger charge is -2.41. The molecular weight excluding hydrogens is 350 g/mol. The highest BCUT2D eigenvalue weighted by Crippen LogP contribution is 2.38. The van der Waals surface area contributed by atoms with Gasteiger partial charge < -0.3 is 14.9 Å². The van der Waals surface area contributed by atoms with Gasteiger partial charge in [-0.25, -0.2) is 0 Å². The third-order valence-corrected chi connectivity index (χ3v) is 4.73. The molecule has 0 radical (unpaired) electrons. The highest BCUT2D eigenvalue weighted by molar-refractivity contribution is 6.31. The fourth-order valence-corrected chi connectivity index (χ4v) is 3.48. The standard InChI is InChI=1S/C17H20ClNO6/c18-12-5-2-1-4-11(12)17(8-3-6-14(21)15(17)22)19-13(16(23)24)7-9-25-10-20/h1-2,4-5,10,13-14,19,21H,3,6-9H2,(H,23,24)/t13-,14-,17+/m0/s1. The Balaban J connectivity index is 2.41. The molecule has 0 aliphatic heterocycles. The number of carbonyl (C=O) groups is 3. The maximum Gasteiger partial charge on any atom is 0.320 e. The molecule has 7 nitrogen and oxygen atoms in total. The van der Waals surface area contributed by atoms with E-state index in [0.29, 0.717) is 29.8 Å². The molecule has 1 aliphatic carbocycles. The van der Waals surface area contributed by atoms with Gasteiger partial charge in [0.25, 0.3) is 6.47 Å². The molecule has 1 aliphatic rings. The van der Waals surface area contributed by atoms with Gasteiger partial charge in [0.05, 0.1) is 6.61 Å². The SMILES string of the molecule is O=COCC[C@H](N[C@@]1(c2ccccc2Cl)CCC[C@H](O)C1=O)C(=O)O. The maximum absolute atomic E-state index is 12.8. The van der Waals surface area contributed by atoms with Crippen LogP contribution in [0, 0.1) is 0 Å². The average molecular weight is 370 g/mol. The molecule has 1 fully saturated rings. The van der Waals surface area contributed by atoms with E-state index in [1.165, 1.54) is 0 Å². The van der Waals surface area contributed by atoms with Crippen LogP contribution in [-0.4, -0.2) is 47.2 Å². The van der Waals surface area contributed by atoms with E-state index in [-0.39, 0.29) is 19.5 Å². The molecule has 25 heavy (non-hydrogen) atoms. The van der Waals surface area contributed by atoms with Crippen LogP contribution in [0.25, 0.3) is 0 Å². The van der Waals surface area contributed by atoms with E-state index >= 15 is 0 Å². The van der Waals surface area contributed by atoms with E-state index < -0.39 is 29.4 Å². The second-order valence-electron chi connectivity index (χ2n) is 5.95. The molecule has 0 heterocycles. The largest absolute Gasteiger partial charge is 0.480 e. The van der Waals surface area contributed by atoms with E-state index in [1.807, 2.05) is 0 Å². The van der Waals surface area contributed by atoms with E-state index in [0.717, 1.165) is 0 Å². The molecule has 3 atom stereocenters. The molecule has 8 heteroatoms. The van der Waals surface area contributed by atoms with Crippen molar-refractivity contribution in [2.24, 2.45) is 0 Å². The van der Waals surface area contributed by atoms with Gasteiger partial charge in [-0.1, -0.05) is 29.8 Å². The normalized spacial score (nSPS) is 24.6. The second kappa shape index (κ2) is 8.42. The number of aliphatic hydroxyl groups is 1. The Hall–Kier alpha value is -1.96. The number of ketones is 1. The van der Waals surface area contributed by atoms with E-state index in [9.17, 15) is 24.6 Å². The average Bonchev–Trinajstić information content (AvgIpc) is 2.58. The molecule has 1 saturated carbocycles. The second-order valence-corrected chi connectivity index (χ2v) is 6.36. The van der Waals surface area contributed by atoms with Crippen LogP contribution in [-0.2, 0) is 24.7 Å². The van der Waals surface area contributed by atoms with Gasteiger partial charge in [-0.3, -0.25) is 19.7 Å². The van der Waals surface area contributed by atoms with Crippen molar-refractivity contribution < 1.29 is 29.3 Å². The van der Waals surface area contributed by atoms with Crippen molar-refractivity contribution in [2.45, 2.75) is 43.4 Å². The quantitative estimate of drug-likeness (QED) is 0.467. The summed E-state index contributed by atoms with van der Waals surface area (Å²) in [5, 5.41) is 22.7. The van der Waals surface area contributed by atoms with Crippen LogP contribution in [0.2, 0.25) is 5.02 Å². The Morgan fingerprint density at radius 3 is 2.84 bits per heavy atom. The Morgan fingerprint density at radius 2 is 2.20 bits per heavy atom. The summed E-state index contributed by atoms with van der Waals surface area (Å²) in [6.07, 6.45) is -0.0616. The molecule has 0 unspecified atom stereocenters. The smallest absolute Gasteiger partial charge is 0.320 e. The lowest BCUT2D eigenvalue weighted by molar-refractivity contribution is -0.145. The predicted octanol–water partition coefficient (Wildman–Crippen LogP) is 1.26. The molecule has 136 valence electrons. The van der Waals surface area contributed by atoms with E-state index in [1.54, 1.807) is 24.3 Å². The molecule has 0 aromatic heterocycles. The molecule has 1 aromatic rings. The van der Waals surface area contributed by atoms with Gasteiger partial charge in [0, 0.05) is 11.4 Å². The van der Waals surface area contributed by atoms with Crippen molar-refractivity contribution in [3.05, 3.63) is 34.9 Å². The summed E-state index contributed by atoms with van der Waals surface area (Å²) in [6.45, 7) is 0.126. The summed E-state index contributed by atoms with van der Waals surface area (Å²) in [4.78, 5) is 34.7. The minimum atomic E-state index is -1.40. The first-order chi connectivity index (χ1) is 11.9. The fourth-order valence-electron chi connectivity index (χ4n) is 3.18. The number of carbonyl (C=O) groups excluding carboxylic acids is 2. The van der Waals surface area contributed by atoms with Gasteiger partial charge in [0.2, 0.25) is 0 Å². The third kappa shape index (κ3) is 4.18. The lowest BCUT2D eigenvalue weighted by atomic mass is 9.73. The summed E-state index contributed by atoms with van der Waals surface area (Å²) < 4.78 is 4.57. The zero-order valence-electron chi connectivity index (χ0n) is 13.5. The minimum Gasteiger partial charge on any atom is -0.480 e. The minimum absolute atomic E-state index is 0.0242. The van der Waals surface area contributed by atoms with Crippen LogP contribution in [0.5, 0.6) is 0 Å². The van der Waals surface area contributed by atoms with Crippen molar-refractivity contribution in [3.8, 4) is 0 Å². The van der Waals surface area contributed by atoms with Crippen molar-refractivity contribution in [1.29, 1.82) is 0 Å². The lowest BCUT2D eigenvalue weighted by Crippen LogP contribution is -2.60. The number of aliphatic hydroxyl groups excluding tert-OH is 1. The molecule has 2 rings (SSSR count). The van der Waals surface area contributed by atoms with E-state index in [4.69, 9.17) is 11.6 Å². The van der Waals surface area contributed by atoms with Gasteiger partial charge in [-0.2, -0.15) is 0 Å². The number of benzene rings is 1. The zero-order valence-corrected chi connectivity index (χ0v) is 14.2. The number of aliphatic carboxylic acids is 1. The Kier molecular flexibility index (Phi) is 6.52. The van der Waals surface area contributed by atoms with E-state index in [2.05, 4.69) is 10.1 Å². The van der Waals surface area contributed by atoms with Gasteiger partial charge >= 0.3 is 5.97 Å². The summed E-state index contributed by atoms with van der Waals surface area (Å²) in [6, 6.07) is 5.51. The Bertz CT molecular complexity index is 652. The number of carboxylic acid groups (broad SMARTS) is 1. The summed E-state index contributed by atoms with van der Waals surface area (Å²) in [7, 11) is 0. The third-order valence-electron chi connectivity index (χ3n) is 4.40. The van der Waals surface area contributed by atoms with Crippen molar-refractivity contribution in [1.82, 2.24) is 5.32 Å². The number of carboxylic acids is 1. The van der Waals surface area contributed by atoms with Crippen LogP contribution in [0.15, 0.2) is 24.3 Å².